The average Bonchev–Trinajstić information content (AvgIpc) is 3.32. The van der Waals surface area contributed by atoms with E-state index >= 15 is 0 Å². The second kappa shape index (κ2) is 9.13. The van der Waals surface area contributed by atoms with Crippen LogP contribution in [0.3, 0.4) is 0 Å². The van der Waals surface area contributed by atoms with Crippen molar-refractivity contribution in [2.45, 2.75) is 37.3 Å². The first-order valence-corrected chi connectivity index (χ1v) is 12.6. The third-order valence-corrected chi connectivity index (χ3v) is 8.24. The van der Waals surface area contributed by atoms with E-state index in [1.165, 1.54) is 32.3 Å². The summed E-state index contributed by atoms with van der Waals surface area (Å²) in [6.07, 6.45) is 1.32. The average molecular weight is 468 g/mol. The molecule has 2 aliphatic heterocycles. The number of hydrogen-bond acceptors (Lipinski definition) is 6. The Kier molecular flexibility index (Phi) is 6.08. The van der Waals surface area contributed by atoms with Crippen LogP contribution < -0.4 is 15.5 Å². The molecule has 2 aromatic carbocycles. The number of amides is 2. The van der Waals surface area contributed by atoms with Gasteiger partial charge in [-0.3, -0.25) is 9.69 Å². The van der Waals surface area contributed by atoms with Crippen LogP contribution in [0.25, 0.3) is 10.1 Å². The van der Waals surface area contributed by atoms with E-state index in [1.807, 2.05) is 29.5 Å². The fourth-order valence-corrected chi connectivity index (χ4v) is 6.14. The lowest BCUT2D eigenvalue weighted by Crippen LogP contribution is -2.25. The number of thioether (sulfide) groups is 1. The highest BCUT2D eigenvalue weighted by Gasteiger charge is 2.32. The SMILES string of the molecule is Cc1c(CNCCCC2CN(c3ccc4c(c3)NC(=O)CS4)C(=O)O2)sc2ccccc12. The van der Waals surface area contributed by atoms with Gasteiger partial charge < -0.3 is 15.4 Å². The molecule has 2 amide bonds. The normalized spacial score (nSPS) is 18.0. The Morgan fingerprint density at radius 2 is 2.09 bits per heavy atom. The van der Waals surface area contributed by atoms with Gasteiger partial charge in [0.2, 0.25) is 5.91 Å². The molecule has 3 heterocycles. The lowest BCUT2D eigenvalue weighted by molar-refractivity contribution is -0.113. The van der Waals surface area contributed by atoms with E-state index < -0.39 is 0 Å². The molecule has 1 unspecified atom stereocenters. The monoisotopic (exact) mass is 467 g/mol. The number of nitrogens with zero attached hydrogens (tertiary/aromatic N) is 1. The zero-order valence-electron chi connectivity index (χ0n) is 17.8. The topological polar surface area (TPSA) is 70.7 Å². The Morgan fingerprint density at radius 1 is 1.22 bits per heavy atom. The lowest BCUT2D eigenvalue weighted by atomic mass is 10.1. The summed E-state index contributed by atoms with van der Waals surface area (Å²) in [7, 11) is 0. The minimum atomic E-state index is -0.321. The molecule has 0 spiro atoms. The third-order valence-electron chi connectivity index (χ3n) is 5.89. The molecular formula is C24H25N3O3S2. The van der Waals surface area contributed by atoms with Crippen molar-refractivity contribution in [3.05, 3.63) is 52.9 Å². The summed E-state index contributed by atoms with van der Waals surface area (Å²) in [5.41, 5.74) is 2.89. The molecular weight excluding hydrogens is 442 g/mol. The molecule has 1 saturated heterocycles. The summed E-state index contributed by atoms with van der Waals surface area (Å²) in [6.45, 7) is 4.46. The van der Waals surface area contributed by atoms with Crippen LogP contribution in [0.4, 0.5) is 16.2 Å². The molecule has 3 aromatic rings. The number of anilines is 2. The number of rotatable bonds is 7. The molecule has 1 aromatic heterocycles. The van der Waals surface area contributed by atoms with Crippen LogP contribution in [0, 0.1) is 6.92 Å². The van der Waals surface area contributed by atoms with Crippen LogP contribution >= 0.6 is 23.1 Å². The number of hydrogen-bond donors (Lipinski definition) is 2. The summed E-state index contributed by atoms with van der Waals surface area (Å²) in [4.78, 5) is 28.1. The number of cyclic esters (lactones) is 1. The third kappa shape index (κ3) is 4.35. The molecule has 1 atom stereocenters. The molecule has 2 aliphatic rings. The number of benzene rings is 2. The minimum absolute atomic E-state index is 0.0140. The molecule has 8 heteroatoms. The van der Waals surface area contributed by atoms with E-state index in [0.717, 1.165) is 42.2 Å². The second-order valence-electron chi connectivity index (χ2n) is 8.10. The van der Waals surface area contributed by atoms with Gasteiger partial charge in [0.05, 0.1) is 18.0 Å². The number of carbonyl (C=O) groups is 2. The second-order valence-corrected chi connectivity index (χ2v) is 10.3. The smallest absolute Gasteiger partial charge is 0.414 e. The van der Waals surface area contributed by atoms with Crippen molar-refractivity contribution in [2.24, 2.45) is 0 Å². The van der Waals surface area contributed by atoms with E-state index in [-0.39, 0.29) is 18.1 Å². The highest BCUT2D eigenvalue weighted by atomic mass is 32.2. The van der Waals surface area contributed by atoms with Gasteiger partial charge >= 0.3 is 6.09 Å². The van der Waals surface area contributed by atoms with E-state index in [2.05, 4.69) is 41.8 Å². The zero-order chi connectivity index (χ0) is 22.1. The van der Waals surface area contributed by atoms with Gasteiger partial charge in [-0.05, 0) is 61.5 Å². The number of aryl methyl sites for hydroxylation is 1. The fraction of sp³-hybridized carbons (Fsp3) is 0.333. The zero-order valence-corrected chi connectivity index (χ0v) is 19.5. The van der Waals surface area contributed by atoms with Crippen LogP contribution in [0.1, 0.15) is 23.3 Å². The quantitative estimate of drug-likeness (QED) is 0.470. The summed E-state index contributed by atoms with van der Waals surface area (Å²) >= 11 is 3.36. The van der Waals surface area contributed by atoms with Gasteiger partial charge in [0.15, 0.2) is 0 Å². The van der Waals surface area contributed by atoms with Gasteiger partial charge in [0, 0.05) is 26.7 Å². The van der Waals surface area contributed by atoms with Gasteiger partial charge in [-0.25, -0.2) is 4.79 Å². The van der Waals surface area contributed by atoms with E-state index in [9.17, 15) is 9.59 Å². The molecule has 32 heavy (non-hydrogen) atoms. The molecule has 0 radical (unpaired) electrons. The fourth-order valence-electron chi connectivity index (χ4n) is 4.17. The van der Waals surface area contributed by atoms with Crippen LogP contribution in [-0.2, 0) is 16.1 Å². The maximum absolute atomic E-state index is 12.4. The number of fused-ring (bicyclic) bond motifs is 2. The molecule has 2 N–H and O–H groups in total. The highest BCUT2D eigenvalue weighted by Crippen LogP contribution is 2.36. The van der Waals surface area contributed by atoms with Crippen molar-refractivity contribution in [2.75, 3.05) is 29.1 Å². The summed E-state index contributed by atoms with van der Waals surface area (Å²) < 4.78 is 6.92. The van der Waals surface area contributed by atoms with E-state index in [4.69, 9.17) is 4.74 Å². The summed E-state index contributed by atoms with van der Waals surface area (Å²) in [6, 6.07) is 14.3. The van der Waals surface area contributed by atoms with Gasteiger partial charge in [0.25, 0.3) is 0 Å². The Hall–Kier alpha value is -2.55. The maximum Gasteiger partial charge on any atom is 0.414 e. The number of thiophene rings is 1. The van der Waals surface area contributed by atoms with Gasteiger partial charge in [-0.2, -0.15) is 0 Å². The Labute approximate surface area is 195 Å². The largest absolute Gasteiger partial charge is 0.444 e. The molecule has 1 fully saturated rings. The molecule has 166 valence electrons. The molecule has 0 bridgehead atoms. The molecule has 0 saturated carbocycles. The maximum atomic E-state index is 12.4. The van der Waals surface area contributed by atoms with Crippen molar-refractivity contribution in [1.82, 2.24) is 5.32 Å². The van der Waals surface area contributed by atoms with E-state index in [0.29, 0.717) is 12.3 Å². The number of ether oxygens (including phenoxy) is 1. The summed E-state index contributed by atoms with van der Waals surface area (Å²) in [5.74, 6) is 0.413. The highest BCUT2D eigenvalue weighted by molar-refractivity contribution is 8.00. The standard InChI is InChI=1S/C24H25N3O3S2/c1-15-18-6-2-3-7-20(18)32-22(15)12-25-10-4-5-17-13-27(24(29)30-17)16-8-9-21-19(11-16)26-23(28)14-31-21/h2-3,6-9,11,17,25H,4-5,10,12-14H2,1H3,(H,26,28). The number of nitrogens with one attached hydrogen (secondary N) is 2. The van der Waals surface area contributed by atoms with Crippen molar-refractivity contribution in [3.8, 4) is 0 Å². The van der Waals surface area contributed by atoms with Crippen LogP contribution in [0.5, 0.6) is 0 Å². The Morgan fingerprint density at radius 3 is 2.97 bits per heavy atom. The first-order chi connectivity index (χ1) is 15.6. The number of carbonyl (C=O) groups excluding carboxylic acids is 2. The van der Waals surface area contributed by atoms with Crippen LogP contribution in [0.15, 0.2) is 47.4 Å². The van der Waals surface area contributed by atoms with Crippen molar-refractivity contribution in [1.29, 1.82) is 0 Å². The molecule has 0 aliphatic carbocycles. The van der Waals surface area contributed by atoms with Crippen LogP contribution in [-0.4, -0.2) is 36.9 Å². The van der Waals surface area contributed by atoms with Gasteiger partial charge in [-0.1, -0.05) is 18.2 Å². The first-order valence-electron chi connectivity index (χ1n) is 10.8. The lowest BCUT2D eigenvalue weighted by Gasteiger charge is -2.20. The van der Waals surface area contributed by atoms with E-state index in [1.54, 1.807) is 4.90 Å². The minimum Gasteiger partial charge on any atom is -0.444 e. The van der Waals surface area contributed by atoms with Crippen molar-refractivity contribution >= 4 is 56.6 Å². The van der Waals surface area contributed by atoms with Crippen molar-refractivity contribution < 1.29 is 14.3 Å². The summed E-state index contributed by atoms with van der Waals surface area (Å²) in [5, 5.41) is 7.75. The Balaban J connectivity index is 1.11. The van der Waals surface area contributed by atoms with Crippen LogP contribution in [0.2, 0.25) is 0 Å². The Bertz CT molecular complexity index is 1180. The van der Waals surface area contributed by atoms with Crippen molar-refractivity contribution in [3.63, 3.8) is 0 Å². The predicted octanol–water partition coefficient (Wildman–Crippen LogP) is 5.15. The molecule has 6 nitrogen and oxygen atoms in total. The van der Waals surface area contributed by atoms with Gasteiger partial charge in [-0.15, -0.1) is 23.1 Å². The van der Waals surface area contributed by atoms with Gasteiger partial charge in [0.1, 0.15) is 6.10 Å². The predicted molar refractivity (Wildman–Crippen MR) is 131 cm³/mol. The first kappa shape index (κ1) is 21.3. The molecule has 5 rings (SSSR count).